The van der Waals surface area contributed by atoms with Gasteiger partial charge in [0.1, 0.15) is 28.3 Å². The lowest BCUT2D eigenvalue weighted by atomic mass is 9.93. The summed E-state index contributed by atoms with van der Waals surface area (Å²) < 4.78 is 11.6. The fourth-order valence-corrected chi connectivity index (χ4v) is 4.96. The van der Waals surface area contributed by atoms with E-state index in [-0.39, 0.29) is 30.4 Å². The molecular weight excluding hydrogens is 506 g/mol. The number of rotatable bonds is 6. The predicted molar refractivity (Wildman–Crippen MR) is 147 cm³/mol. The van der Waals surface area contributed by atoms with Gasteiger partial charge in [0, 0.05) is 43.5 Å². The SMILES string of the molecule is CN1CCC[C@@H](Oc2cc(NC(=O)Cc3ccc(C4CCN(C(=O)OC(C)(C)C)CC4)nc3)ncc2Cl)C1. The number of nitrogens with one attached hydrogen (secondary N) is 1. The molecule has 0 aliphatic carbocycles. The number of aromatic nitrogens is 2. The van der Waals surface area contributed by atoms with E-state index in [2.05, 4.69) is 27.2 Å². The second-order valence-corrected chi connectivity index (χ2v) is 11.6. The molecule has 0 radical (unpaired) electrons. The Morgan fingerprint density at radius 1 is 1.11 bits per heavy atom. The summed E-state index contributed by atoms with van der Waals surface area (Å²) in [4.78, 5) is 37.8. The van der Waals surface area contributed by atoms with Crippen LogP contribution in [0.4, 0.5) is 10.6 Å². The van der Waals surface area contributed by atoms with Crippen molar-refractivity contribution in [3.8, 4) is 5.75 Å². The second-order valence-electron chi connectivity index (χ2n) is 11.2. The Bertz CT molecular complexity index is 1110. The van der Waals surface area contributed by atoms with Gasteiger partial charge in [-0.3, -0.25) is 9.78 Å². The van der Waals surface area contributed by atoms with E-state index in [9.17, 15) is 9.59 Å². The van der Waals surface area contributed by atoms with Gasteiger partial charge >= 0.3 is 6.09 Å². The van der Waals surface area contributed by atoms with Crippen molar-refractivity contribution >= 4 is 29.4 Å². The molecule has 0 bridgehead atoms. The smallest absolute Gasteiger partial charge is 0.410 e. The Balaban J connectivity index is 1.27. The van der Waals surface area contributed by atoms with Crippen LogP contribution >= 0.6 is 11.6 Å². The molecule has 9 nitrogen and oxygen atoms in total. The van der Waals surface area contributed by atoms with Gasteiger partial charge in [-0.2, -0.15) is 0 Å². The van der Waals surface area contributed by atoms with Crippen molar-refractivity contribution in [2.24, 2.45) is 0 Å². The van der Waals surface area contributed by atoms with E-state index in [4.69, 9.17) is 21.1 Å². The molecule has 0 spiro atoms. The van der Waals surface area contributed by atoms with E-state index >= 15 is 0 Å². The van der Waals surface area contributed by atoms with Gasteiger partial charge < -0.3 is 24.6 Å². The molecular formula is C28H38ClN5O4. The van der Waals surface area contributed by atoms with E-state index < -0.39 is 5.60 Å². The van der Waals surface area contributed by atoms with Crippen LogP contribution in [0.5, 0.6) is 5.75 Å². The van der Waals surface area contributed by atoms with Gasteiger partial charge in [-0.25, -0.2) is 9.78 Å². The lowest BCUT2D eigenvalue weighted by molar-refractivity contribution is -0.115. The summed E-state index contributed by atoms with van der Waals surface area (Å²) in [6, 6.07) is 5.59. The zero-order valence-corrected chi connectivity index (χ0v) is 23.5. The van der Waals surface area contributed by atoms with E-state index in [1.807, 2.05) is 32.9 Å². The fraction of sp³-hybridized carbons (Fsp3) is 0.571. The molecule has 2 saturated heterocycles. The van der Waals surface area contributed by atoms with Gasteiger partial charge in [-0.1, -0.05) is 17.7 Å². The quantitative estimate of drug-likeness (QED) is 0.553. The normalized spacial score (nSPS) is 19.2. The third-order valence-electron chi connectivity index (χ3n) is 6.74. The summed E-state index contributed by atoms with van der Waals surface area (Å²) in [5, 5.41) is 3.26. The number of carbonyl (C=O) groups is 2. The van der Waals surface area contributed by atoms with Crippen LogP contribution in [0.25, 0.3) is 0 Å². The maximum atomic E-state index is 12.7. The standard InChI is InChI=1S/C28H38ClN5O4/c1-28(2,3)38-27(36)34-12-9-20(10-13-34)23-8-7-19(16-30-23)14-26(35)32-25-15-24(22(29)17-31-25)37-21-6-5-11-33(4)18-21/h7-8,15-17,20-21H,5-6,9-14,18H2,1-4H3,(H,31,32,35)/t21-/m1/s1. The van der Waals surface area contributed by atoms with Crippen molar-refractivity contribution < 1.29 is 19.1 Å². The minimum Gasteiger partial charge on any atom is -0.487 e. The average Bonchev–Trinajstić information content (AvgIpc) is 2.86. The number of piperidine rings is 2. The molecule has 206 valence electrons. The van der Waals surface area contributed by atoms with Crippen LogP contribution in [0.15, 0.2) is 30.6 Å². The maximum Gasteiger partial charge on any atom is 0.410 e. The number of amides is 2. The average molecular weight is 544 g/mol. The molecule has 2 amide bonds. The van der Waals surface area contributed by atoms with E-state index in [0.717, 1.165) is 50.0 Å². The number of anilines is 1. The number of likely N-dealkylation sites (tertiary alicyclic amines) is 2. The van der Waals surface area contributed by atoms with E-state index in [0.29, 0.717) is 29.7 Å². The van der Waals surface area contributed by atoms with Crippen LogP contribution in [-0.2, 0) is 16.0 Å². The first-order chi connectivity index (χ1) is 18.1. The van der Waals surface area contributed by atoms with Gasteiger partial charge in [0.05, 0.1) is 12.6 Å². The summed E-state index contributed by atoms with van der Waals surface area (Å²) in [7, 11) is 2.08. The van der Waals surface area contributed by atoms with Crippen LogP contribution in [0, 0.1) is 0 Å². The second kappa shape index (κ2) is 12.3. The molecule has 0 saturated carbocycles. The molecule has 2 fully saturated rings. The lowest BCUT2D eigenvalue weighted by Crippen LogP contribution is -2.41. The van der Waals surface area contributed by atoms with Crippen molar-refractivity contribution in [1.29, 1.82) is 0 Å². The molecule has 0 aromatic carbocycles. The molecule has 2 aliphatic heterocycles. The van der Waals surface area contributed by atoms with Gasteiger partial charge in [0.15, 0.2) is 0 Å². The van der Waals surface area contributed by atoms with E-state index in [1.165, 1.54) is 6.20 Å². The number of likely N-dealkylation sites (N-methyl/N-ethyl adjacent to an activating group) is 1. The molecule has 4 heterocycles. The minimum atomic E-state index is -0.496. The van der Waals surface area contributed by atoms with Crippen molar-refractivity contribution in [1.82, 2.24) is 19.8 Å². The number of ether oxygens (including phenoxy) is 2. The molecule has 10 heteroatoms. The molecule has 38 heavy (non-hydrogen) atoms. The van der Waals surface area contributed by atoms with Crippen molar-refractivity contribution in [2.45, 2.75) is 70.5 Å². The summed E-state index contributed by atoms with van der Waals surface area (Å²) in [5.74, 6) is 1.02. The highest BCUT2D eigenvalue weighted by Crippen LogP contribution is 2.29. The zero-order chi connectivity index (χ0) is 27.3. The fourth-order valence-electron chi connectivity index (χ4n) is 4.81. The number of hydrogen-bond acceptors (Lipinski definition) is 7. The predicted octanol–water partition coefficient (Wildman–Crippen LogP) is 4.90. The Morgan fingerprint density at radius 2 is 1.87 bits per heavy atom. The summed E-state index contributed by atoms with van der Waals surface area (Å²) in [6.07, 6.45) is 6.93. The van der Waals surface area contributed by atoms with Gasteiger partial charge in [-0.05, 0) is 71.7 Å². The highest BCUT2D eigenvalue weighted by atomic mass is 35.5. The molecule has 4 rings (SSSR count). The Kier molecular flexibility index (Phi) is 9.10. The van der Waals surface area contributed by atoms with Gasteiger partial charge in [-0.15, -0.1) is 0 Å². The molecule has 2 aliphatic rings. The number of pyridine rings is 2. The third kappa shape index (κ3) is 8.04. The van der Waals surface area contributed by atoms with Crippen LogP contribution in [0.2, 0.25) is 5.02 Å². The molecule has 0 unspecified atom stereocenters. The van der Waals surface area contributed by atoms with Crippen LogP contribution in [0.1, 0.15) is 63.6 Å². The Labute approximate surface area is 229 Å². The summed E-state index contributed by atoms with van der Waals surface area (Å²) >= 11 is 6.30. The number of halogens is 1. The highest BCUT2D eigenvalue weighted by Gasteiger charge is 2.28. The van der Waals surface area contributed by atoms with Crippen molar-refractivity contribution in [3.05, 3.63) is 46.9 Å². The molecule has 2 aromatic rings. The summed E-state index contributed by atoms with van der Waals surface area (Å²) in [5.41, 5.74) is 1.30. The van der Waals surface area contributed by atoms with Crippen LogP contribution in [-0.4, -0.2) is 76.7 Å². The molecule has 1 atom stereocenters. The van der Waals surface area contributed by atoms with Crippen molar-refractivity contribution in [2.75, 3.05) is 38.5 Å². The van der Waals surface area contributed by atoms with Gasteiger partial charge in [0.25, 0.3) is 0 Å². The first-order valence-corrected chi connectivity index (χ1v) is 13.7. The van der Waals surface area contributed by atoms with Crippen molar-refractivity contribution in [3.63, 3.8) is 0 Å². The number of nitrogens with zero attached hydrogens (tertiary/aromatic N) is 4. The van der Waals surface area contributed by atoms with E-state index in [1.54, 1.807) is 17.2 Å². The highest BCUT2D eigenvalue weighted by molar-refractivity contribution is 6.32. The first-order valence-electron chi connectivity index (χ1n) is 13.3. The topological polar surface area (TPSA) is 96.9 Å². The maximum absolute atomic E-state index is 12.7. The van der Waals surface area contributed by atoms with Crippen LogP contribution < -0.4 is 10.1 Å². The number of hydrogen-bond donors (Lipinski definition) is 1. The zero-order valence-electron chi connectivity index (χ0n) is 22.7. The molecule has 1 N–H and O–H groups in total. The summed E-state index contributed by atoms with van der Waals surface area (Å²) in [6.45, 7) is 8.81. The first kappa shape index (κ1) is 28.1. The Morgan fingerprint density at radius 3 is 2.53 bits per heavy atom. The lowest BCUT2D eigenvalue weighted by Gasteiger charge is -2.33. The van der Waals surface area contributed by atoms with Gasteiger partial charge in [0.2, 0.25) is 5.91 Å². The van der Waals surface area contributed by atoms with Crippen LogP contribution in [0.3, 0.4) is 0 Å². The monoisotopic (exact) mass is 543 g/mol. The largest absolute Gasteiger partial charge is 0.487 e. The third-order valence-corrected chi connectivity index (χ3v) is 7.02. The number of carbonyl (C=O) groups excluding carboxylic acids is 2. The minimum absolute atomic E-state index is 0.0614. The molecule has 2 aromatic heterocycles. The Hall–Kier alpha value is -2.91.